The second-order valence-electron chi connectivity index (χ2n) is 9.87. The predicted molar refractivity (Wildman–Crippen MR) is 156 cm³/mol. The van der Waals surface area contributed by atoms with Crippen molar-refractivity contribution in [1.82, 2.24) is 0 Å². The maximum Gasteiger partial charge on any atom is 0.193 e. The van der Waals surface area contributed by atoms with Crippen molar-refractivity contribution < 1.29 is 13.9 Å². The summed E-state index contributed by atoms with van der Waals surface area (Å²) in [5.41, 5.74) is 5.83. The Morgan fingerprint density at radius 3 is 2.05 bits per heavy atom. The van der Waals surface area contributed by atoms with Gasteiger partial charge in [-0.1, -0.05) is 72.8 Å². The maximum absolute atomic E-state index is 13.2. The van der Waals surface area contributed by atoms with Crippen LogP contribution in [0, 0.1) is 0 Å². The third-order valence-electron chi connectivity index (χ3n) is 7.09. The number of benzene rings is 4. The topological polar surface area (TPSA) is 48.7 Å². The molecule has 0 radical (unpaired) electrons. The van der Waals surface area contributed by atoms with Crippen LogP contribution in [0.1, 0.15) is 42.4 Å². The Balaban J connectivity index is 1.32. The van der Waals surface area contributed by atoms with Crippen molar-refractivity contribution in [1.29, 1.82) is 0 Å². The lowest BCUT2D eigenvalue weighted by atomic mass is 9.93. The first kappa shape index (κ1) is 24.7. The molecule has 0 bridgehead atoms. The van der Waals surface area contributed by atoms with Crippen molar-refractivity contribution >= 4 is 16.5 Å². The Morgan fingerprint density at radius 1 is 0.667 bits per heavy atom. The number of fused-ring (bicyclic) bond motifs is 1. The molecule has 4 nitrogen and oxygen atoms in total. The van der Waals surface area contributed by atoms with Gasteiger partial charge in [0.05, 0.1) is 5.39 Å². The fourth-order valence-corrected chi connectivity index (χ4v) is 4.96. The van der Waals surface area contributed by atoms with E-state index in [0.29, 0.717) is 41.4 Å². The predicted octanol–water partition coefficient (Wildman–Crippen LogP) is 8.58. The minimum atomic E-state index is -0.0549. The number of rotatable bonds is 8. The highest BCUT2D eigenvalue weighted by molar-refractivity contribution is 5.83. The lowest BCUT2D eigenvalue weighted by molar-refractivity contribution is 0.256. The molecule has 5 aromatic rings. The van der Waals surface area contributed by atoms with Crippen molar-refractivity contribution in [2.75, 3.05) is 0 Å². The molecule has 0 fully saturated rings. The van der Waals surface area contributed by atoms with Gasteiger partial charge in [-0.3, -0.25) is 4.79 Å². The number of ether oxygens (including phenoxy) is 2. The van der Waals surface area contributed by atoms with E-state index in [-0.39, 0.29) is 5.43 Å². The van der Waals surface area contributed by atoms with E-state index in [2.05, 4.69) is 12.1 Å². The van der Waals surface area contributed by atoms with Gasteiger partial charge in [0.1, 0.15) is 24.6 Å². The van der Waals surface area contributed by atoms with Gasteiger partial charge in [0.2, 0.25) is 0 Å². The van der Waals surface area contributed by atoms with Gasteiger partial charge >= 0.3 is 0 Å². The summed E-state index contributed by atoms with van der Waals surface area (Å²) in [6.45, 7) is 0.817. The van der Waals surface area contributed by atoms with Gasteiger partial charge < -0.3 is 13.9 Å². The van der Waals surface area contributed by atoms with Crippen LogP contribution < -0.4 is 14.9 Å². The second-order valence-corrected chi connectivity index (χ2v) is 9.87. The highest BCUT2D eigenvalue weighted by Crippen LogP contribution is 2.35. The largest absolute Gasteiger partial charge is 0.485 e. The van der Waals surface area contributed by atoms with Crippen LogP contribution >= 0.6 is 0 Å². The standard InChI is InChI=1S/C35H30O4/c36-31-22-34(39-32-18-16-28(20-30(31)32)27-14-8-3-9-15-27)29-17-19-33(37-23-25-10-4-1-5-11-25)35(21-29)38-24-26-12-6-2-7-13-26/h1-2,4-7,10-14,16-22H,3,8-9,15,23-24H2. The normalized spacial score (nSPS) is 13.2. The van der Waals surface area contributed by atoms with Gasteiger partial charge in [0.15, 0.2) is 16.9 Å². The zero-order valence-electron chi connectivity index (χ0n) is 21.8. The molecule has 4 aromatic carbocycles. The summed E-state index contributed by atoms with van der Waals surface area (Å²) < 4.78 is 18.6. The van der Waals surface area contributed by atoms with E-state index in [1.807, 2.05) is 91.0 Å². The first-order valence-corrected chi connectivity index (χ1v) is 13.5. The van der Waals surface area contributed by atoms with E-state index in [1.54, 1.807) is 6.07 Å². The third-order valence-corrected chi connectivity index (χ3v) is 7.09. The Bertz CT molecular complexity index is 1670. The molecule has 0 aliphatic heterocycles. The van der Waals surface area contributed by atoms with Crippen LogP contribution in [0.3, 0.4) is 0 Å². The first-order chi connectivity index (χ1) is 19.2. The van der Waals surface area contributed by atoms with Gasteiger partial charge in [0.25, 0.3) is 0 Å². The van der Waals surface area contributed by atoms with Crippen LogP contribution in [-0.4, -0.2) is 0 Å². The average molecular weight is 515 g/mol. The molecule has 1 aliphatic carbocycles. The summed E-state index contributed by atoms with van der Waals surface area (Å²) >= 11 is 0. The summed E-state index contributed by atoms with van der Waals surface area (Å²) in [5.74, 6) is 1.72. The molecule has 39 heavy (non-hydrogen) atoms. The van der Waals surface area contributed by atoms with Crippen molar-refractivity contribution in [2.45, 2.75) is 38.9 Å². The molecular formula is C35H30O4. The Labute approximate surface area is 228 Å². The first-order valence-electron chi connectivity index (χ1n) is 13.5. The Morgan fingerprint density at radius 2 is 1.36 bits per heavy atom. The SMILES string of the molecule is O=c1cc(-c2ccc(OCc3ccccc3)c(OCc3ccccc3)c2)oc2ccc(C3=CCCCC3)cc12. The molecule has 0 saturated heterocycles. The third kappa shape index (κ3) is 5.80. The van der Waals surface area contributed by atoms with E-state index >= 15 is 0 Å². The van der Waals surface area contributed by atoms with E-state index < -0.39 is 0 Å². The molecule has 0 saturated carbocycles. The van der Waals surface area contributed by atoms with E-state index in [4.69, 9.17) is 13.9 Å². The number of hydrogen-bond donors (Lipinski definition) is 0. The molecule has 0 unspecified atom stereocenters. The smallest absolute Gasteiger partial charge is 0.193 e. The van der Waals surface area contributed by atoms with Gasteiger partial charge in [0, 0.05) is 11.6 Å². The maximum atomic E-state index is 13.2. The lowest BCUT2D eigenvalue weighted by Gasteiger charge is -2.15. The molecule has 1 aromatic heterocycles. The van der Waals surface area contributed by atoms with E-state index in [9.17, 15) is 4.79 Å². The second kappa shape index (κ2) is 11.4. The molecule has 0 amide bonds. The minimum absolute atomic E-state index is 0.0549. The average Bonchev–Trinajstić information content (AvgIpc) is 3.00. The summed E-state index contributed by atoms with van der Waals surface area (Å²) in [4.78, 5) is 13.2. The van der Waals surface area contributed by atoms with E-state index in [0.717, 1.165) is 35.1 Å². The number of allylic oxidation sites excluding steroid dienone is 2. The van der Waals surface area contributed by atoms with Gasteiger partial charge in [-0.05, 0) is 78.3 Å². The molecule has 6 rings (SSSR count). The van der Waals surface area contributed by atoms with Gasteiger partial charge in [-0.2, -0.15) is 0 Å². The summed E-state index contributed by atoms with van der Waals surface area (Å²) in [6.07, 6.45) is 6.87. The van der Waals surface area contributed by atoms with Crippen molar-refractivity contribution in [3.8, 4) is 22.8 Å². The quantitative estimate of drug-likeness (QED) is 0.208. The molecule has 1 aliphatic rings. The monoisotopic (exact) mass is 514 g/mol. The van der Waals surface area contributed by atoms with Crippen LogP contribution in [0.2, 0.25) is 0 Å². The van der Waals surface area contributed by atoms with Crippen LogP contribution in [0.25, 0.3) is 27.9 Å². The lowest BCUT2D eigenvalue weighted by Crippen LogP contribution is -2.03. The summed E-state index contributed by atoms with van der Waals surface area (Å²) in [6, 6.07) is 33.2. The van der Waals surface area contributed by atoms with Crippen LogP contribution in [0.5, 0.6) is 11.5 Å². The van der Waals surface area contributed by atoms with Crippen LogP contribution in [0.15, 0.2) is 118 Å². The van der Waals surface area contributed by atoms with Crippen molar-refractivity contribution in [3.05, 3.63) is 136 Å². The summed E-state index contributed by atoms with van der Waals surface area (Å²) in [5, 5.41) is 0.603. The Hall–Kier alpha value is -4.57. The fraction of sp³-hybridized carbons (Fsp3) is 0.171. The summed E-state index contributed by atoms with van der Waals surface area (Å²) in [7, 11) is 0. The Kier molecular flexibility index (Phi) is 7.26. The minimum Gasteiger partial charge on any atom is -0.485 e. The molecule has 0 N–H and O–H groups in total. The molecule has 0 atom stereocenters. The van der Waals surface area contributed by atoms with Crippen LogP contribution in [0.4, 0.5) is 0 Å². The molecule has 194 valence electrons. The van der Waals surface area contributed by atoms with Gasteiger partial charge in [-0.25, -0.2) is 0 Å². The van der Waals surface area contributed by atoms with Crippen molar-refractivity contribution in [2.24, 2.45) is 0 Å². The molecular weight excluding hydrogens is 484 g/mol. The number of hydrogen-bond acceptors (Lipinski definition) is 4. The molecule has 0 spiro atoms. The van der Waals surface area contributed by atoms with Gasteiger partial charge in [-0.15, -0.1) is 0 Å². The zero-order chi connectivity index (χ0) is 26.4. The van der Waals surface area contributed by atoms with Crippen LogP contribution in [-0.2, 0) is 13.2 Å². The van der Waals surface area contributed by atoms with E-state index in [1.165, 1.54) is 18.4 Å². The molecule has 1 heterocycles. The highest BCUT2D eigenvalue weighted by atomic mass is 16.5. The van der Waals surface area contributed by atoms with Crippen molar-refractivity contribution in [3.63, 3.8) is 0 Å². The fourth-order valence-electron chi connectivity index (χ4n) is 4.96. The molecule has 4 heteroatoms. The highest BCUT2D eigenvalue weighted by Gasteiger charge is 2.14. The zero-order valence-corrected chi connectivity index (χ0v) is 21.8.